The SMILES string of the molecule is CN=Cc1cnc(C)cc1NC1=NC(F)C(C)C=C1. The molecule has 1 N–H and O–H groups in total. The normalized spacial score (nSPS) is 22.6. The van der Waals surface area contributed by atoms with Crippen LogP contribution < -0.4 is 5.32 Å². The minimum absolute atomic E-state index is 0.179. The Morgan fingerprint density at radius 1 is 1.47 bits per heavy atom. The van der Waals surface area contributed by atoms with Crippen molar-refractivity contribution in [3.63, 3.8) is 0 Å². The van der Waals surface area contributed by atoms with Crippen LogP contribution in [0.3, 0.4) is 0 Å². The number of nitrogens with zero attached hydrogens (tertiary/aromatic N) is 3. The van der Waals surface area contributed by atoms with Gasteiger partial charge in [0.15, 0.2) is 6.30 Å². The molecule has 100 valence electrons. The summed E-state index contributed by atoms with van der Waals surface area (Å²) in [5, 5.41) is 3.12. The maximum Gasteiger partial charge on any atom is 0.198 e. The first kappa shape index (κ1) is 13.4. The number of dihydropyridines is 1. The van der Waals surface area contributed by atoms with Crippen molar-refractivity contribution in [3.8, 4) is 0 Å². The zero-order chi connectivity index (χ0) is 13.8. The van der Waals surface area contributed by atoms with E-state index in [1.807, 2.05) is 19.1 Å². The van der Waals surface area contributed by atoms with Crippen molar-refractivity contribution in [2.45, 2.75) is 20.1 Å². The molecule has 0 radical (unpaired) electrons. The second-order valence-electron chi connectivity index (χ2n) is 4.53. The van der Waals surface area contributed by atoms with Gasteiger partial charge in [0.25, 0.3) is 0 Å². The predicted molar refractivity (Wildman–Crippen MR) is 76.7 cm³/mol. The highest BCUT2D eigenvalue weighted by Gasteiger charge is 2.17. The Hall–Kier alpha value is -2.04. The number of anilines is 1. The van der Waals surface area contributed by atoms with Crippen molar-refractivity contribution in [2.24, 2.45) is 15.9 Å². The fourth-order valence-corrected chi connectivity index (χ4v) is 1.76. The van der Waals surface area contributed by atoms with Crippen LogP contribution in [0.25, 0.3) is 0 Å². The summed E-state index contributed by atoms with van der Waals surface area (Å²) in [7, 11) is 1.70. The average Bonchev–Trinajstić information content (AvgIpc) is 2.37. The van der Waals surface area contributed by atoms with Gasteiger partial charge in [0.1, 0.15) is 5.84 Å². The Bertz CT molecular complexity index is 548. The molecule has 2 heterocycles. The Labute approximate surface area is 112 Å². The Morgan fingerprint density at radius 2 is 2.26 bits per heavy atom. The largest absolute Gasteiger partial charge is 0.340 e. The number of amidine groups is 1. The topological polar surface area (TPSA) is 49.6 Å². The van der Waals surface area contributed by atoms with E-state index in [0.717, 1.165) is 16.9 Å². The van der Waals surface area contributed by atoms with Gasteiger partial charge < -0.3 is 5.32 Å². The van der Waals surface area contributed by atoms with Crippen LogP contribution in [0.5, 0.6) is 0 Å². The molecule has 1 aliphatic rings. The molecule has 0 amide bonds. The van der Waals surface area contributed by atoms with Gasteiger partial charge in [-0.3, -0.25) is 9.98 Å². The molecular formula is C14H17FN4. The number of halogens is 1. The lowest BCUT2D eigenvalue weighted by molar-refractivity contribution is 0.285. The zero-order valence-electron chi connectivity index (χ0n) is 11.3. The van der Waals surface area contributed by atoms with E-state index in [0.29, 0.717) is 5.84 Å². The fourth-order valence-electron chi connectivity index (χ4n) is 1.76. The number of nitrogens with one attached hydrogen (secondary N) is 1. The molecule has 0 fully saturated rings. The van der Waals surface area contributed by atoms with E-state index in [1.165, 1.54) is 0 Å². The molecule has 0 spiro atoms. The second kappa shape index (κ2) is 5.73. The van der Waals surface area contributed by atoms with Crippen molar-refractivity contribution in [1.29, 1.82) is 0 Å². The monoisotopic (exact) mass is 260 g/mol. The number of aryl methyl sites for hydroxylation is 1. The number of hydrogen-bond acceptors (Lipinski definition) is 4. The van der Waals surface area contributed by atoms with Gasteiger partial charge in [0, 0.05) is 36.6 Å². The van der Waals surface area contributed by atoms with Crippen molar-refractivity contribution < 1.29 is 4.39 Å². The standard InChI is InChI=1S/C14H17FN4/c1-9-4-5-13(19-14(9)15)18-12-6-10(2)17-8-11(12)7-16-3/h4-9,14H,1-3H3,(H,17,18,19). The van der Waals surface area contributed by atoms with Crippen LogP contribution >= 0.6 is 0 Å². The first-order chi connectivity index (χ1) is 9.10. The molecule has 1 aliphatic heterocycles. The van der Waals surface area contributed by atoms with Gasteiger partial charge in [-0.25, -0.2) is 9.38 Å². The van der Waals surface area contributed by atoms with E-state index in [1.54, 1.807) is 32.5 Å². The van der Waals surface area contributed by atoms with Crippen molar-refractivity contribution in [2.75, 3.05) is 12.4 Å². The van der Waals surface area contributed by atoms with Gasteiger partial charge in [-0.2, -0.15) is 0 Å². The molecule has 19 heavy (non-hydrogen) atoms. The highest BCUT2D eigenvalue weighted by molar-refractivity contribution is 6.06. The summed E-state index contributed by atoms with van der Waals surface area (Å²) in [5.74, 6) is 0.336. The van der Waals surface area contributed by atoms with Gasteiger partial charge in [-0.15, -0.1) is 0 Å². The quantitative estimate of drug-likeness (QED) is 0.656. The number of aliphatic imine (C=N–C) groups is 2. The molecule has 2 unspecified atom stereocenters. The molecule has 0 aromatic carbocycles. The average molecular weight is 260 g/mol. The van der Waals surface area contributed by atoms with Crippen LogP contribution in [-0.2, 0) is 0 Å². The van der Waals surface area contributed by atoms with Crippen LogP contribution in [0.2, 0.25) is 0 Å². The van der Waals surface area contributed by atoms with Gasteiger partial charge in [0.05, 0.1) is 5.69 Å². The first-order valence-corrected chi connectivity index (χ1v) is 6.16. The van der Waals surface area contributed by atoms with Gasteiger partial charge >= 0.3 is 0 Å². The van der Waals surface area contributed by atoms with E-state index < -0.39 is 6.30 Å². The third-order valence-electron chi connectivity index (χ3n) is 2.86. The smallest absolute Gasteiger partial charge is 0.198 e. The Morgan fingerprint density at radius 3 is 2.95 bits per heavy atom. The third-order valence-corrected chi connectivity index (χ3v) is 2.86. The molecule has 0 aliphatic carbocycles. The van der Waals surface area contributed by atoms with Crippen molar-refractivity contribution >= 4 is 17.7 Å². The van der Waals surface area contributed by atoms with E-state index in [-0.39, 0.29) is 5.92 Å². The minimum Gasteiger partial charge on any atom is -0.340 e. The summed E-state index contributed by atoms with van der Waals surface area (Å²) < 4.78 is 13.5. The molecule has 2 atom stereocenters. The highest BCUT2D eigenvalue weighted by atomic mass is 19.1. The Balaban J connectivity index is 2.26. The van der Waals surface area contributed by atoms with Crippen LogP contribution in [0.4, 0.5) is 10.1 Å². The summed E-state index contributed by atoms with van der Waals surface area (Å²) >= 11 is 0. The van der Waals surface area contributed by atoms with Crippen LogP contribution in [0.1, 0.15) is 18.2 Å². The van der Waals surface area contributed by atoms with Crippen molar-refractivity contribution in [3.05, 3.63) is 35.7 Å². The molecule has 2 rings (SSSR count). The first-order valence-electron chi connectivity index (χ1n) is 6.16. The van der Waals surface area contributed by atoms with Gasteiger partial charge in [-0.1, -0.05) is 13.0 Å². The van der Waals surface area contributed by atoms with E-state index in [2.05, 4.69) is 20.3 Å². The number of pyridine rings is 1. The molecule has 0 bridgehead atoms. The second-order valence-corrected chi connectivity index (χ2v) is 4.53. The van der Waals surface area contributed by atoms with E-state index in [4.69, 9.17) is 0 Å². The number of hydrogen-bond donors (Lipinski definition) is 1. The van der Waals surface area contributed by atoms with Crippen LogP contribution in [0.15, 0.2) is 34.4 Å². The molecule has 4 nitrogen and oxygen atoms in total. The molecular weight excluding hydrogens is 243 g/mol. The Kier molecular flexibility index (Phi) is 4.04. The summed E-state index contributed by atoms with van der Waals surface area (Å²) in [6, 6.07) is 1.89. The summed E-state index contributed by atoms with van der Waals surface area (Å²) in [5.41, 5.74) is 2.54. The fraction of sp³-hybridized carbons (Fsp3) is 0.357. The summed E-state index contributed by atoms with van der Waals surface area (Å²) in [6.45, 7) is 3.70. The van der Waals surface area contributed by atoms with Gasteiger partial charge in [-0.05, 0) is 19.1 Å². The third kappa shape index (κ3) is 3.24. The number of alkyl halides is 1. The maximum absolute atomic E-state index is 13.5. The molecule has 5 heteroatoms. The number of aromatic nitrogens is 1. The molecule has 1 aromatic heterocycles. The highest BCUT2D eigenvalue weighted by Crippen LogP contribution is 2.19. The lowest BCUT2D eigenvalue weighted by atomic mass is 10.1. The molecule has 0 saturated carbocycles. The van der Waals surface area contributed by atoms with E-state index in [9.17, 15) is 4.39 Å². The lowest BCUT2D eigenvalue weighted by Crippen LogP contribution is -2.21. The maximum atomic E-state index is 13.5. The molecule has 0 saturated heterocycles. The van der Waals surface area contributed by atoms with Crippen molar-refractivity contribution in [1.82, 2.24) is 4.98 Å². The zero-order valence-corrected chi connectivity index (χ0v) is 11.3. The summed E-state index contributed by atoms with van der Waals surface area (Å²) in [6.07, 6.45) is 5.84. The predicted octanol–water partition coefficient (Wildman–Crippen LogP) is 2.75. The molecule has 1 aromatic rings. The number of rotatable bonds is 2. The summed E-state index contributed by atoms with van der Waals surface area (Å²) in [4.78, 5) is 12.2. The van der Waals surface area contributed by atoms with Crippen LogP contribution in [-0.4, -0.2) is 30.4 Å². The van der Waals surface area contributed by atoms with Crippen LogP contribution in [0, 0.1) is 12.8 Å². The van der Waals surface area contributed by atoms with E-state index >= 15 is 0 Å². The van der Waals surface area contributed by atoms with Gasteiger partial charge in [0.2, 0.25) is 0 Å². The lowest BCUT2D eigenvalue weighted by Gasteiger charge is -2.17. The minimum atomic E-state index is -1.20.